The number of benzene rings is 8. The van der Waals surface area contributed by atoms with E-state index in [2.05, 4.69) is 30.9 Å². The summed E-state index contributed by atoms with van der Waals surface area (Å²) in [6.07, 6.45) is 18.5. The van der Waals surface area contributed by atoms with Crippen molar-refractivity contribution in [2.24, 2.45) is 0 Å². The monoisotopic (exact) mass is 1950 g/mol. The van der Waals surface area contributed by atoms with Crippen molar-refractivity contribution in [1.29, 1.82) is 0 Å². The maximum Gasteiger partial charge on any atom is 0.337 e. The summed E-state index contributed by atoms with van der Waals surface area (Å²) in [5, 5.41) is 18.8. The molecule has 5 fully saturated rings. The molecule has 3 N–H and O–H groups in total. The predicted octanol–water partition coefficient (Wildman–Crippen LogP) is 19.4. The number of aliphatic hydroxyl groups excluding tert-OH is 2. The molecule has 21 nitrogen and oxygen atoms in total. The fraction of sp³-hybridized carbons (Fsp3) is 0.243. The number of esters is 1. The first-order valence-corrected chi connectivity index (χ1v) is 45.6. The summed E-state index contributed by atoms with van der Waals surface area (Å²) in [5.41, 5.74) is 8.39. The highest BCUT2D eigenvalue weighted by Gasteiger charge is 2.44. The number of ketones is 2. The van der Waals surface area contributed by atoms with Crippen LogP contribution in [0.25, 0.3) is 0 Å². The van der Waals surface area contributed by atoms with Crippen molar-refractivity contribution in [1.82, 2.24) is 28.7 Å². The van der Waals surface area contributed by atoms with Crippen LogP contribution in [0, 0.1) is 29.1 Å². The van der Waals surface area contributed by atoms with E-state index in [9.17, 15) is 55.5 Å². The van der Waals surface area contributed by atoms with Gasteiger partial charge >= 0.3 is 5.97 Å². The molecule has 14 aromatic rings. The Morgan fingerprint density at radius 2 is 0.647 bits per heavy atom. The van der Waals surface area contributed by atoms with E-state index >= 15 is 0 Å². The first-order chi connectivity index (χ1) is 65.7. The summed E-state index contributed by atoms with van der Waals surface area (Å²) >= 11 is 14.7. The van der Waals surface area contributed by atoms with Gasteiger partial charge in [-0.1, -0.05) is 160 Å². The molecule has 5 unspecified atom stereocenters. The molecular formula is C107H96BrCl2F5N6O15. The zero-order valence-corrected chi connectivity index (χ0v) is 77.1. The van der Waals surface area contributed by atoms with E-state index in [1.54, 1.807) is 215 Å². The number of aromatic amines is 1. The van der Waals surface area contributed by atoms with Crippen LogP contribution in [0.1, 0.15) is 168 Å². The number of rotatable bonds is 21. The number of carbonyl (C=O) groups is 3. The Hall–Kier alpha value is -12.9. The summed E-state index contributed by atoms with van der Waals surface area (Å²) in [7, 11) is 1.34. The Morgan fingerprint density at radius 3 is 0.890 bits per heavy atom. The summed E-state index contributed by atoms with van der Waals surface area (Å²) in [6, 6.07) is 73.2. The number of hydrogen-bond acceptors (Lipinski definition) is 17. The molecule has 29 heteroatoms. The minimum absolute atomic E-state index is 0.151. The number of halogens is 8. The van der Waals surface area contributed by atoms with Crippen LogP contribution in [0.4, 0.5) is 22.0 Å². The van der Waals surface area contributed by atoms with Gasteiger partial charge in [-0.05, 0) is 258 Å². The number of hydrogen-bond donors (Lipinski definition) is 3. The molecule has 0 spiro atoms. The van der Waals surface area contributed by atoms with Crippen LogP contribution in [0.2, 0.25) is 10.3 Å². The fourth-order valence-electron chi connectivity index (χ4n) is 17.5. The van der Waals surface area contributed by atoms with Crippen molar-refractivity contribution >= 4 is 56.7 Å². The molecule has 0 aliphatic carbocycles. The topological polar surface area (TPSA) is 272 Å². The van der Waals surface area contributed by atoms with Gasteiger partial charge < -0.3 is 57.3 Å². The van der Waals surface area contributed by atoms with E-state index in [0.717, 1.165) is 141 Å². The average molecular weight is 1950 g/mol. The van der Waals surface area contributed by atoms with Gasteiger partial charge in [0.1, 0.15) is 80.6 Å². The molecule has 700 valence electrons. The van der Waals surface area contributed by atoms with E-state index in [0.29, 0.717) is 79.7 Å². The van der Waals surface area contributed by atoms with Crippen molar-refractivity contribution < 1.29 is 75.0 Å². The number of ether oxygens (including phenoxy) is 6. The Morgan fingerprint density at radius 1 is 0.368 bits per heavy atom. The van der Waals surface area contributed by atoms with Gasteiger partial charge in [0.15, 0.2) is 11.6 Å². The van der Waals surface area contributed by atoms with Crippen molar-refractivity contribution in [3.05, 3.63) is 478 Å². The molecule has 0 bridgehead atoms. The SMILES string of the molecule is COC(=O)c1ccc(Cn2ccc(C3(c4ccc(F)cc4)CCCO3)cc2=O)cc1.Clc1cc(Br)ccn1.Fc1ccc(C2(c3ccnc(Cl)c3)CCCO2)cc1.O=C(CO)c1ccc(Cn2ccc(C3(c4ccc(F)cc4)CCCO3)cc2=O)cc1.O=C(CO)c1ccc(Cn2ccc(C3(c4ccc(F)cc4)CCCO3)cc2=O)cc1.O=c1cc(C2(c3ccc(F)cc3)CCCO2)cc[nH]1. The van der Waals surface area contributed by atoms with Crippen LogP contribution < -0.4 is 22.2 Å². The highest BCUT2D eigenvalue weighted by atomic mass is 79.9. The van der Waals surface area contributed by atoms with Crippen molar-refractivity contribution in [3.8, 4) is 0 Å². The first-order valence-electron chi connectivity index (χ1n) is 44.1. The summed E-state index contributed by atoms with van der Waals surface area (Å²) in [5.74, 6) is -2.53. The number of nitrogens with one attached hydrogen (secondary N) is 1. The molecule has 0 amide bonds. The minimum atomic E-state index is -0.738. The van der Waals surface area contributed by atoms with Gasteiger partial charge in [0.2, 0.25) is 5.56 Å². The number of aromatic nitrogens is 6. The van der Waals surface area contributed by atoms with E-state index < -0.39 is 47.2 Å². The largest absolute Gasteiger partial charge is 0.465 e. The predicted molar refractivity (Wildman–Crippen MR) is 508 cm³/mol. The van der Waals surface area contributed by atoms with Gasteiger partial charge in [0.05, 0.1) is 32.3 Å². The molecule has 136 heavy (non-hydrogen) atoms. The molecule has 5 aliphatic rings. The second-order valence-electron chi connectivity index (χ2n) is 32.9. The Balaban J connectivity index is 0.000000135. The van der Waals surface area contributed by atoms with E-state index in [1.807, 2.05) is 42.5 Å². The third-order valence-electron chi connectivity index (χ3n) is 24.4. The Labute approximate surface area is 798 Å². The smallest absolute Gasteiger partial charge is 0.337 e. The minimum Gasteiger partial charge on any atom is -0.465 e. The lowest BCUT2D eigenvalue weighted by Crippen LogP contribution is -2.30. The lowest BCUT2D eigenvalue weighted by molar-refractivity contribution is 0.0355. The van der Waals surface area contributed by atoms with Crippen LogP contribution in [0.5, 0.6) is 0 Å². The highest BCUT2D eigenvalue weighted by molar-refractivity contribution is 9.10. The Kier molecular flexibility index (Phi) is 33.2. The molecule has 5 saturated heterocycles. The Bertz CT molecular complexity index is 6240. The van der Waals surface area contributed by atoms with Crippen LogP contribution >= 0.6 is 39.1 Å². The molecule has 11 heterocycles. The van der Waals surface area contributed by atoms with E-state index in [4.69, 9.17) is 61.8 Å². The zero-order chi connectivity index (χ0) is 96.0. The van der Waals surface area contributed by atoms with Crippen molar-refractivity contribution in [2.45, 2.75) is 112 Å². The number of H-pyrrole nitrogens is 1. The standard InChI is InChI=1S/3C24H22FNO4.C15H13ClFNO.C15H14FNO2.C5H3BrClN/c1-29-23(28)18-5-3-17(4-6-18)16-26-13-11-20(15-22(26)27)24(12-2-14-30-24)19-7-9-21(25)10-8-19;2*25-21-8-6-19(7-9-21)24(11-1-13-30-24)20-10-12-26(23(29)14-20)15-17-2-4-18(5-3-17)22(28)16-27;16-14-10-12(6-8-18-14)15(7-1-9-19-15)11-2-4-13(17)5-3-11;16-13-4-2-11(3-5-13)15(7-1-9-19-15)12-6-8-17-14(18)10-12;6-4-1-2-8-5(7)3-4/h3-11,13,15H,2,12,14,16H2,1H3;2*2-10,12,14,27H,1,11,13,15-16H2;2-6,8,10H,1,7,9H2;2-6,8,10H,1,7,9H2,(H,17,18);1-3H. The molecular weight excluding hydrogens is 1860 g/mol. The quantitative estimate of drug-likeness (QED) is 0.0261. The third-order valence-corrected chi connectivity index (χ3v) is 25.4. The van der Waals surface area contributed by atoms with Gasteiger partial charge in [-0.15, -0.1) is 0 Å². The lowest BCUT2D eigenvalue weighted by atomic mass is 9.84. The first kappa shape index (κ1) is 99.1. The summed E-state index contributed by atoms with van der Waals surface area (Å²) < 4.78 is 107. The molecule has 5 atom stereocenters. The molecule has 6 aromatic heterocycles. The van der Waals surface area contributed by atoms with Crippen LogP contribution in [0.15, 0.2) is 328 Å². The molecule has 19 rings (SSSR count). The van der Waals surface area contributed by atoms with Crippen LogP contribution in [0.3, 0.4) is 0 Å². The normalized spacial score (nSPS) is 19.1. The molecule has 5 aliphatic heterocycles. The van der Waals surface area contributed by atoms with Crippen LogP contribution in [-0.4, -0.2) is 110 Å². The average Bonchev–Trinajstić information content (AvgIpc) is 1.54. The fourth-order valence-corrected chi connectivity index (χ4v) is 18.3. The number of nitrogens with zero attached hydrogens (tertiary/aromatic N) is 5. The molecule has 8 aromatic carbocycles. The maximum atomic E-state index is 13.4. The van der Waals surface area contributed by atoms with Crippen molar-refractivity contribution in [3.63, 3.8) is 0 Å². The van der Waals surface area contributed by atoms with Gasteiger partial charge in [-0.25, -0.2) is 36.7 Å². The second-order valence-corrected chi connectivity index (χ2v) is 34.6. The number of pyridine rings is 6. The maximum absolute atomic E-state index is 13.4. The summed E-state index contributed by atoms with van der Waals surface area (Å²) in [4.78, 5) is 94.9. The van der Waals surface area contributed by atoms with E-state index in [1.165, 1.54) is 67.8 Å². The highest BCUT2D eigenvalue weighted by Crippen LogP contribution is 2.47. The lowest BCUT2D eigenvalue weighted by Gasteiger charge is -2.29. The number of methoxy groups -OCH3 is 1. The van der Waals surface area contributed by atoms with Gasteiger partial charge in [-0.2, -0.15) is 0 Å². The van der Waals surface area contributed by atoms with Crippen molar-refractivity contribution in [2.75, 3.05) is 53.4 Å². The van der Waals surface area contributed by atoms with Gasteiger partial charge in [0, 0.05) is 110 Å². The number of Topliss-reactive ketones (excluding diaryl/α,β-unsaturated/α-hetero) is 2. The third kappa shape index (κ3) is 23.8. The van der Waals surface area contributed by atoms with Gasteiger partial charge in [0.25, 0.3) is 16.7 Å². The zero-order valence-electron chi connectivity index (χ0n) is 74.0. The van der Waals surface area contributed by atoms with Crippen LogP contribution in [-0.2, 0) is 76.1 Å². The van der Waals surface area contributed by atoms with Gasteiger partial charge in [-0.3, -0.25) is 28.8 Å². The number of carbonyl (C=O) groups excluding carboxylic acids is 3. The summed E-state index contributed by atoms with van der Waals surface area (Å²) in [6.45, 7) is 3.13. The molecule has 0 radical (unpaired) electrons. The molecule has 0 saturated carbocycles. The second kappa shape index (κ2) is 45.6. The number of aliphatic hydroxyl groups is 2. The van der Waals surface area contributed by atoms with E-state index in [-0.39, 0.29) is 62.9 Å².